The van der Waals surface area contributed by atoms with Gasteiger partial charge in [-0.25, -0.2) is 14.8 Å². The first-order chi connectivity index (χ1) is 26.5. The Morgan fingerprint density at radius 1 is 0.481 bits per heavy atom. The molecule has 0 bridgehead atoms. The smallest absolute Gasteiger partial charge is 0.194 e. The van der Waals surface area contributed by atoms with Crippen molar-refractivity contribution in [2.24, 2.45) is 0 Å². The lowest BCUT2D eigenvalue weighted by Crippen LogP contribution is -2.15. The van der Waals surface area contributed by atoms with Crippen LogP contribution in [0.25, 0.3) is 88.5 Å². The molecule has 0 spiro atoms. The van der Waals surface area contributed by atoms with Crippen LogP contribution in [0, 0.1) is 6.57 Å². The van der Waals surface area contributed by atoms with Crippen molar-refractivity contribution in [3.05, 3.63) is 192 Å². The van der Waals surface area contributed by atoms with Gasteiger partial charge in [0.25, 0.3) is 0 Å². The molecule has 7 aromatic carbocycles. The van der Waals surface area contributed by atoms with Crippen LogP contribution in [0.5, 0.6) is 0 Å². The molecule has 54 heavy (non-hydrogen) atoms. The van der Waals surface area contributed by atoms with Gasteiger partial charge in [0.2, 0.25) is 0 Å². The lowest BCUT2D eigenvalue weighted by atomic mass is 9.82. The van der Waals surface area contributed by atoms with E-state index in [1.165, 1.54) is 33.0 Å². The van der Waals surface area contributed by atoms with Crippen LogP contribution < -0.4 is 0 Å². The lowest BCUT2D eigenvalue weighted by Gasteiger charge is -2.22. The number of fused-ring (bicyclic) bond motifs is 6. The zero-order chi connectivity index (χ0) is 36.4. The number of hydrogen-bond donors (Lipinski definition) is 0. The highest BCUT2D eigenvalue weighted by Crippen LogP contribution is 2.51. The van der Waals surface area contributed by atoms with E-state index in [9.17, 15) is 0 Å². The lowest BCUT2D eigenvalue weighted by molar-refractivity contribution is 0.661. The van der Waals surface area contributed by atoms with Crippen LogP contribution in [0.3, 0.4) is 0 Å². The summed E-state index contributed by atoms with van der Waals surface area (Å²) in [7, 11) is 0. The summed E-state index contributed by atoms with van der Waals surface area (Å²) < 4.78 is 2.39. The Morgan fingerprint density at radius 2 is 1.09 bits per heavy atom. The topological polar surface area (TPSA) is 35.1 Å². The minimum absolute atomic E-state index is 0.150. The number of para-hydroxylation sites is 2. The third-order valence-corrected chi connectivity index (χ3v) is 11.0. The predicted molar refractivity (Wildman–Crippen MR) is 222 cm³/mol. The average molecular weight is 691 g/mol. The highest BCUT2D eigenvalue weighted by Gasteiger charge is 2.36. The largest absolute Gasteiger partial charge is 0.309 e. The molecule has 0 radical (unpaired) electrons. The first-order valence-electron chi connectivity index (χ1n) is 18.3. The first-order valence-corrected chi connectivity index (χ1v) is 18.3. The molecule has 0 aliphatic heterocycles. The third-order valence-electron chi connectivity index (χ3n) is 11.0. The van der Waals surface area contributed by atoms with Gasteiger partial charge in [-0.3, -0.25) is 0 Å². The van der Waals surface area contributed by atoms with Gasteiger partial charge < -0.3 is 4.57 Å². The van der Waals surface area contributed by atoms with Gasteiger partial charge in [0.05, 0.1) is 29.0 Å². The monoisotopic (exact) mass is 690 g/mol. The zero-order valence-corrected chi connectivity index (χ0v) is 30.0. The van der Waals surface area contributed by atoms with E-state index in [1.54, 1.807) is 0 Å². The van der Waals surface area contributed by atoms with E-state index < -0.39 is 0 Å². The fourth-order valence-electron chi connectivity index (χ4n) is 8.37. The average Bonchev–Trinajstić information content (AvgIpc) is 3.68. The van der Waals surface area contributed by atoms with E-state index in [0.29, 0.717) is 11.5 Å². The van der Waals surface area contributed by atoms with Crippen molar-refractivity contribution in [1.82, 2.24) is 14.5 Å². The summed E-state index contributed by atoms with van der Waals surface area (Å²) in [6, 6.07) is 59.3. The second kappa shape index (κ2) is 12.3. The van der Waals surface area contributed by atoms with Crippen molar-refractivity contribution in [2.75, 3.05) is 0 Å². The van der Waals surface area contributed by atoms with Gasteiger partial charge in [0, 0.05) is 38.6 Å². The Balaban J connectivity index is 1.28. The molecule has 0 N–H and O–H groups in total. The maximum atomic E-state index is 8.07. The van der Waals surface area contributed by atoms with Gasteiger partial charge in [0.1, 0.15) is 0 Å². The highest BCUT2D eigenvalue weighted by molar-refractivity contribution is 6.12. The molecule has 2 aromatic heterocycles. The molecule has 4 heteroatoms. The van der Waals surface area contributed by atoms with Crippen molar-refractivity contribution < 1.29 is 0 Å². The van der Waals surface area contributed by atoms with Crippen LogP contribution in [0.2, 0.25) is 0 Å². The Bertz CT molecular complexity index is 2910. The molecular weight excluding hydrogens is 657 g/mol. The molecule has 0 atom stereocenters. The molecule has 2 heterocycles. The summed E-state index contributed by atoms with van der Waals surface area (Å²) in [5, 5.41) is 2.40. The van der Waals surface area contributed by atoms with E-state index in [2.05, 4.69) is 132 Å². The van der Waals surface area contributed by atoms with Crippen molar-refractivity contribution in [3.8, 4) is 61.8 Å². The van der Waals surface area contributed by atoms with Gasteiger partial charge in [-0.2, -0.15) is 0 Å². The molecule has 0 unspecified atom stereocenters. The van der Waals surface area contributed by atoms with E-state index in [1.807, 2.05) is 60.7 Å². The molecule has 4 nitrogen and oxygen atoms in total. The second-order valence-electron chi connectivity index (χ2n) is 14.5. The minimum atomic E-state index is -0.150. The molecule has 1 aliphatic carbocycles. The summed E-state index contributed by atoms with van der Waals surface area (Å²) >= 11 is 0. The highest BCUT2D eigenvalue weighted by atomic mass is 15.0. The fourth-order valence-corrected chi connectivity index (χ4v) is 8.37. The van der Waals surface area contributed by atoms with Crippen LogP contribution in [0.4, 0.5) is 5.69 Å². The van der Waals surface area contributed by atoms with E-state index >= 15 is 0 Å². The normalized spacial score (nSPS) is 12.8. The summed E-state index contributed by atoms with van der Waals surface area (Å²) in [5.74, 6) is 0.622. The van der Waals surface area contributed by atoms with Gasteiger partial charge in [-0.15, -0.1) is 0 Å². The Hall–Kier alpha value is -7.09. The van der Waals surface area contributed by atoms with Crippen LogP contribution in [0.1, 0.15) is 25.0 Å². The number of rotatable bonds is 5. The van der Waals surface area contributed by atoms with E-state index in [0.717, 1.165) is 55.9 Å². The maximum absolute atomic E-state index is 8.07. The number of benzene rings is 7. The zero-order valence-electron chi connectivity index (χ0n) is 30.0. The SMILES string of the molecule is [C-]#[N+]c1ccccc1-c1cc(-c2nc(-c3ccccc3)cc(-c3ccccc3)n2)cc(-n2c3ccccc3c3cc4c(cc32)C(C)(C)c2ccccc2-4)c1. The molecule has 0 fully saturated rings. The maximum Gasteiger partial charge on any atom is 0.194 e. The van der Waals surface area contributed by atoms with Crippen LogP contribution in [-0.4, -0.2) is 14.5 Å². The van der Waals surface area contributed by atoms with Crippen molar-refractivity contribution in [2.45, 2.75) is 19.3 Å². The molecule has 254 valence electrons. The van der Waals surface area contributed by atoms with Gasteiger partial charge >= 0.3 is 0 Å². The Morgan fingerprint density at radius 3 is 1.81 bits per heavy atom. The molecule has 10 rings (SSSR count). The second-order valence-corrected chi connectivity index (χ2v) is 14.5. The van der Waals surface area contributed by atoms with Gasteiger partial charge in [-0.1, -0.05) is 141 Å². The summed E-state index contributed by atoms with van der Waals surface area (Å²) in [6.45, 7) is 12.7. The molecule has 0 saturated carbocycles. The molecule has 0 amide bonds. The number of nitrogens with zero attached hydrogens (tertiary/aromatic N) is 4. The Labute approximate surface area is 314 Å². The fraction of sp³-hybridized carbons (Fsp3) is 0.0600. The summed E-state index contributed by atoms with van der Waals surface area (Å²) in [5.41, 5.74) is 15.4. The van der Waals surface area contributed by atoms with E-state index in [-0.39, 0.29) is 5.41 Å². The summed E-state index contributed by atoms with van der Waals surface area (Å²) in [6.07, 6.45) is 0. The van der Waals surface area contributed by atoms with Crippen LogP contribution in [-0.2, 0) is 5.41 Å². The van der Waals surface area contributed by atoms with Crippen LogP contribution >= 0.6 is 0 Å². The van der Waals surface area contributed by atoms with Crippen molar-refractivity contribution >= 4 is 27.5 Å². The number of hydrogen-bond acceptors (Lipinski definition) is 2. The van der Waals surface area contributed by atoms with Crippen LogP contribution in [0.15, 0.2) is 170 Å². The van der Waals surface area contributed by atoms with Crippen molar-refractivity contribution in [1.29, 1.82) is 0 Å². The molecule has 9 aromatic rings. The number of aromatic nitrogens is 3. The quantitative estimate of drug-likeness (QED) is 0.169. The molecule has 1 aliphatic rings. The van der Waals surface area contributed by atoms with Crippen molar-refractivity contribution in [3.63, 3.8) is 0 Å². The third kappa shape index (κ3) is 4.98. The molecular formula is C50H34N4. The standard InChI is InChI=1S/C50H34N4/c1-50(2)42-23-13-10-21-38(42)40-29-41-39-22-12-15-25-47(39)54(48(41)30-43(40)50)36-27-34(37-20-11-14-24-44(37)51-3)26-35(28-36)49-52-45(32-16-6-4-7-17-32)31-46(53-49)33-18-8-5-9-19-33/h4-31H,1-2H3. The predicted octanol–water partition coefficient (Wildman–Crippen LogP) is 13.1. The summed E-state index contributed by atoms with van der Waals surface area (Å²) in [4.78, 5) is 14.4. The van der Waals surface area contributed by atoms with Gasteiger partial charge in [0.15, 0.2) is 11.5 Å². The van der Waals surface area contributed by atoms with Gasteiger partial charge in [-0.05, 0) is 75.8 Å². The minimum Gasteiger partial charge on any atom is -0.309 e. The first kappa shape index (κ1) is 31.6. The Kier molecular flexibility index (Phi) is 7.18. The molecule has 0 saturated heterocycles. The van der Waals surface area contributed by atoms with E-state index in [4.69, 9.17) is 16.5 Å².